The second kappa shape index (κ2) is 9.50. The third-order valence-electron chi connectivity index (χ3n) is 6.01. The predicted octanol–water partition coefficient (Wildman–Crippen LogP) is 2.29. The first-order chi connectivity index (χ1) is 13.9. The Morgan fingerprint density at radius 3 is 2.55 bits per heavy atom. The highest BCUT2D eigenvalue weighted by atomic mass is 16.5. The van der Waals surface area contributed by atoms with Gasteiger partial charge in [-0.1, -0.05) is 6.07 Å². The second-order valence-corrected chi connectivity index (χ2v) is 8.21. The van der Waals surface area contributed by atoms with Crippen molar-refractivity contribution in [3.8, 4) is 11.5 Å². The minimum Gasteiger partial charge on any atom is -0.493 e. The number of aliphatic imine (C=N–C) groups is 1. The highest BCUT2D eigenvalue weighted by Gasteiger charge is 2.38. The van der Waals surface area contributed by atoms with Crippen molar-refractivity contribution < 1.29 is 9.47 Å². The number of nitrogens with zero attached hydrogens (tertiary/aromatic N) is 2. The quantitative estimate of drug-likeness (QED) is 0.620. The van der Waals surface area contributed by atoms with Crippen LogP contribution in [-0.2, 0) is 6.54 Å². The number of nitrogens with one attached hydrogen (secondary N) is 2. The maximum absolute atomic E-state index is 6.62. The summed E-state index contributed by atoms with van der Waals surface area (Å²) in [5, 5.41) is 7.03. The first-order valence-corrected chi connectivity index (χ1v) is 10.4. The fraction of sp³-hybridized carbons (Fsp3) is 0.591. The van der Waals surface area contributed by atoms with E-state index >= 15 is 0 Å². The van der Waals surface area contributed by atoms with E-state index in [0.29, 0.717) is 11.8 Å². The van der Waals surface area contributed by atoms with E-state index in [-0.39, 0.29) is 0 Å². The molecule has 0 saturated heterocycles. The first-order valence-electron chi connectivity index (χ1n) is 10.4. The first kappa shape index (κ1) is 21.5. The van der Waals surface area contributed by atoms with Gasteiger partial charge >= 0.3 is 0 Å². The number of nitrogens with two attached hydrogens (primary N) is 1. The molecule has 1 atom stereocenters. The summed E-state index contributed by atoms with van der Waals surface area (Å²) in [7, 11) is 7.35. The average Bonchev–Trinajstić information content (AvgIpc) is 2.74. The third kappa shape index (κ3) is 5.22. The Bertz CT molecular complexity index is 741. The van der Waals surface area contributed by atoms with Crippen LogP contribution in [0.5, 0.6) is 11.5 Å². The summed E-state index contributed by atoms with van der Waals surface area (Å²) >= 11 is 0. The van der Waals surface area contributed by atoms with Crippen molar-refractivity contribution in [2.75, 3.05) is 34.9 Å². The molecule has 7 heteroatoms. The van der Waals surface area contributed by atoms with Crippen LogP contribution in [0.15, 0.2) is 35.1 Å². The van der Waals surface area contributed by atoms with Crippen LogP contribution < -0.4 is 25.8 Å². The predicted molar refractivity (Wildman–Crippen MR) is 117 cm³/mol. The van der Waals surface area contributed by atoms with Crippen LogP contribution >= 0.6 is 0 Å². The van der Waals surface area contributed by atoms with Gasteiger partial charge in [-0.3, -0.25) is 10.7 Å². The number of benzene rings is 1. The number of hydrogen-bond donors (Lipinski definition) is 3. The van der Waals surface area contributed by atoms with Gasteiger partial charge in [0.1, 0.15) is 5.82 Å². The Hall–Kier alpha value is -2.25. The van der Waals surface area contributed by atoms with Gasteiger partial charge < -0.3 is 25.0 Å². The molecule has 1 saturated carbocycles. The molecule has 1 fully saturated rings. The number of allylic oxidation sites excluding steroid dienone is 1. The van der Waals surface area contributed by atoms with Crippen molar-refractivity contribution in [1.82, 2.24) is 15.5 Å². The topological polar surface area (TPSA) is 84.1 Å². The zero-order valence-electron chi connectivity index (χ0n) is 18.1. The largest absolute Gasteiger partial charge is 0.493 e. The molecule has 1 aliphatic heterocycles. The Morgan fingerprint density at radius 2 is 1.90 bits per heavy atom. The van der Waals surface area contributed by atoms with Crippen LogP contribution in [0.2, 0.25) is 0 Å². The maximum atomic E-state index is 6.62. The van der Waals surface area contributed by atoms with Crippen molar-refractivity contribution in [1.29, 1.82) is 0 Å². The lowest BCUT2D eigenvalue weighted by Crippen LogP contribution is -2.60. The fourth-order valence-electron chi connectivity index (χ4n) is 4.20. The van der Waals surface area contributed by atoms with E-state index in [0.717, 1.165) is 43.3 Å². The van der Waals surface area contributed by atoms with Crippen molar-refractivity contribution in [3.05, 3.63) is 35.7 Å². The molecule has 1 aromatic carbocycles. The van der Waals surface area contributed by atoms with Gasteiger partial charge in [0.15, 0.2) is 17.3 Å². The van der Waals surface area contributed by atoms with Crippen molar-refractivity contribution in [3.63, 3.8) is 0 Å². The molecule has 0 aromatic heterocycles. The molecule has 0 amide bonds. The van der Waals surface area contributed by atoms with Crippen molar-refractivity contribution in [2.45, 2.75) is 38.0 Å². The Kier molecular flexibility index (Phi) is 7.03. The lowest BCUT2D eigenvalue weighted by Gasteiger charge is -2.42. The number of methoxy groups -OCH3 is 2. The van der Waals surface area contributed by atoms with E-state index in [1.165, 1.54) is 18.4 Å². The van der Waals surface area contributed by atoms with Crippen molar-refractivity contribution in [2.24, 2.45) is 22.6 Å². The number of rotatable bonds is 8. The third-order valence-corrected chi connectivity index (χ3v) is 6.01. The molecular weight excluding hydrogens is 366 g/mol. The van der Waals surface area contributed by atoms with Crippen LogP contribution in [0.3, 0.4) is 0 Å². The lowest BCUT2D eigenvalue weighted by atomic mass is 9.78. The Labute approximate surface area is 174 Å². The zero-order chi connectivity index (χ0) is 20.9. The van der Waals surface area contributed by atoms with E-state index in [4.69, 9.17) is 15.2 Å². The molecule has 2 aliphatic rings. The summed E-state index contributed by atoms with van der Waals surface area (Å²) in [6.07, 6.45) is 8.31. The molecule has 0 radical (unpaired) electrons. The zero-order valence-corrected chi connectivity index (χ0v) is 18.1. The summed E-state index contributed by atoms with van der Waals surface area (Å²) in [6.45, 7) is 1.84. The Balaban J connectivity index is 1.45. The maximum Gasteiger partial charge on any atom is 0.186 e. The van der Waals surface area contributed by atoms with E-state index in [1.54, 1.807) is 14.2 Å². The van der Waals surface area contributed by atoms with E-state index in [2.05, 4.69) is 21.7 Å². The molecule has 0 spiro atoms. The molecule has 4 N–H and O–H groups in total. The fourth-order valence-corrected chi connectivity index (χ4v) is 4.20. The van der Waals surface area contributed by atoms with Crippen LogP contribution in [0.4, 0.5) is 0 Å². The summed E-state index contributed by atoms with van der Waals surface area (Å²) in [5.74, 6) is 2.88. The van der Waals surface area contributed by atoms with Gasteiger partial charge in [0.25, 0.3) is 0 Å². The van der Waals surface area contributed by atoms with Crippen LogP contribution in [0.25, 0.3) is 0 Å². The molecule has 29 heavy (non-hydrogen) atoms. The van der Waals surface area contributed by atoms with Gasteiger partial charge in [-0.2, -0.15) is 0 Å². The minimum atomic E-state index is -0.688. The summed E-state index contributed by atoms with van der Waals surface area (Å²) in [6, 6.07) is 6.06. The van der Waals surface area contributed by atoms with Gasteiger partial charge in [-0.05, 0) is 61.9 Å². The SMILES string of the molecule is COc1ccc(CNCC2CCC(C3(N)N=CC=C(N(C)C)N3)CC2)cc1OC. The monoisotopic (exact) mass is 401 g/mol. The molecule has 7 nitrogen and oxygen atoms in total. The second-order valence-electron chi connectivity index (χ2n) is 8.21. The highest BCUT2D eigenvalue weighted by Crippen LogP contribution is 2.35. The van der Waals surface area contributed by atoms with Crippen LogP contribution in [0, 0.1) is 11.8 Å². The molecular formula is C22H35N5O2. The van der Waals surface area contributed by atoms with Gasteiger partial charge in [-0.15, -0.1) is 0 Å². The highest BCUT2D eigenvalue weighted by molar-refractivity contribution is 5.73. The summed E-state index contributed by atoms with van der Waals surface area (Å²) in [4.78, 5) is 6.61. The average molecular weight is 402 g/mol. The summed E-state index contributed by atoms with van der Waals surface area (Å²) < 4.78 is 10.7. The lowest BCUT2D eigenvalue weighted by molar-refractivity contribution is 0.146. The standard InChI is InChI=1S/C22H35N5O2/c1-27(2)21-11-12-25-22(23,26-21)18-8-5-16(6-9-18)14-24-15-17-7-10-19(28-3)20(13-17)29-4/h7,10-13,16,18,24,26H,5-6,8-9,14-15,23H2,1-4H3. The molecule has 1 heterocycles. The minimum absolute atomic E-state index is 0.351. The number of hydrogen-bond acceptors (Lipinski definition) is 7. The van der Waals surface area contributed by atoms with Gasteiger partial charge in [0.05, 0.1) is 14.2 Å². The van der Waals surface area contributed by atoms with E-state index in [9.17, 15) is 0 Å². The van der Waals surface area contributed by atoms with Gasteiger partial charge in [0, 0.05) is 32.8 Å². The number of ether oxygens (including phenoxy) is 2. The smallest absolute Gasteiger partial charge is 0.186 e. The Morgan fingerprint density at radius 1 is 1.17 bits per heavy atom. The van der Waals surface area contributed by atoms with Crippen molar-refractivity contribution >= 4 is 6.21 Å². The van der Waals surface area contributed by atoms with Crippen LogP contribution in [-0.4, -0.2) is 51.8 Å². The molecule has 3 rings (SSSR count). The van der Waals surface area contributed by atoms with E-state index < -0.39 is 5.79 Å². The molecule has 1 aromatic rings. The van der Waals surface area contributed by atoms with E-state index in [1.807, 2.05) is 43.4 Å². The van der Waals surface area contributed by atoms with Crippen LogP contribution in [0.1, 0.15) is 31.2 Å². The molecule has 160 valence electrons. The van der Waals surface area contributed by atoms with Gasteiger partial charge in [0.2, 0.25) is 0 Å². The normalized spacial score (nSPS) is 26.4. The molecule has 0 bridgehead atoms. The molecule has 1 unspecified atom stereocenters. The molecule has 1 aliphatic carbocycles. The van der Waals surface area contributed by atoms with Gasteiger partial charge in [-0.25, -0.2) is 0 Å². The summed E-state index contributed by atoms with van der Waals surface area (Å²) in [5.41, 5.74) is 7.82.